The Morgan fingerprint density at radius 3 is 1.61 bits per heavy atom. The summed E-state index contributed by atoms with van der Waals surface area (Å²) in [4.78, 5) is 21.3. The molecule has 0 amide bonds. The minimum Gasteiger partial charge on any atom is -0.457 e. The largest absolute Gasteiger partial charge is 0.694 e. The molecule has 0 heterocycles. The van der Waals surface area contributed by atoms with Crippen molar-refractivity contribution in [2.45, 2.75) is 187 Å². The predicted octanol–water partition coefficient (Wildman–Crippen LogP) is 11.9. The van der Waals surface area contributed by atoms with Crippen LogP contribution in [0.4, 0.5) is 0 Å². The van der Waals surface area contributed by atoms with Crippen LogP contribution in [0.1, 0.15) is 181 Å². The summed E-state index contributed by atoms with van der Waals surface area (Å²) in [5.74, 6) is -0.294. The molecule has 0 saturated carbocycles. The zero-order chi connectivity index (χ0) is 32.2. The summed E-state index contributed by atoms with van der Waals surface area (Å²) in [6.07, 6.45) is 39.6. The van der Waals surface area contributed by atoms with Gasteiger partial charge in [-0.15, -0.1) is 9.42 Å². The van der Waals surface area contributed by atoms with Crippen molar-refractivity contribution in [1.82, 2.24) is 0 Å². The molecular formula is C37H70O6P+. The molecule has 1 N–H and O–H groups in total. The summed E-state index contributed by atoms with van der Waals surface area (Å²) < 4.78 is 27.0. The van der Waals surface area contributed by atoms with Crippen LogP contribution in [-0.2, 0) is 23.4 Å². The lowest BCUT2D eigenvalue weighted by Gasteiger charge is -2.15. The van der Waals surface area contributed by atoms with Crippen LogP contribution in [0, 0.1) is 0 Å². The molecule has 0 aromatic heterocycles. The molecular weight excluding hydrogens is 571 g/mol. The van der Waals surface area contributed by atoms with Crippen LogP contribution < -0.4 is 0 Å². The van der Waals surface area contributed by atoms with Gasteiger partial charge in [-0.3, -0.25) is 4.79 Å². The highest BCUT2D eigenvalue weighted by Crippen LogP contribution is 2.17. The van der Waals surface area contributed by atoms with Crippen LogP contribution in [0.5, 0.6) is 0 Å². The predicted molar refractivity (Wildman–Crippen MR) is 186 cm³/mol. The van der Waals surface area contributed by atoms with Gasteiger partial charge >= 0.3 is 14.2 Å². The topological polar surface area (TPSA) is 82.1 Å². The van der Waals surface area contributed by atoms with Gasteiger partial charge in [0.1, 0.15) is 6.61 Å². The highest BCUT2D eigenvalue weighted by atomic mass is 31.1. The van der Waals surface area contributed by atoms with Crippen LogP contribution in [-0.4, -0.2) is 36.8 Å². The third-order valence-electron chi connectivity index (χ3n) is 7.95. The third kappa shape index (κ3) is 35.4. The maximum Gasteiger partial charge on any atom is 0.694 e. The van der Waals surface area contributed by atoms with Crippen LogP contribution in [0.3, 0.4) is 0 Å². The van der Waals surface area contributed by atoms with Crippen molar-refractivity contribution in [1.29, 1.82) is 0 Å². The third-order valence-corrected chi connectivity index (χ3v) is 8.32. The van der Waals surface area contributed by atoms with Crippen molar-refractivity contribution >= 4 is 14.2 Å². The van der Waals surface area contributed by atoms with Crippen LogP contribution in [0.25, 0.3) is 0 Å². The highest BCUT2D eigenvalue weighted by molar-refractivity contribution is 7.32. The quantitative estimate of drug-likeness (QED) is 0.0321. The summed E-state index contributed by atoms with van der Waals surface area (Å²) >= 11 is 0. The number of rotatable bonds is 35. The minimum atomic E-state index is -2.73. The summed E-state index contributed by atoms with van der Waals surface area (Å²) in [7, 11) is -2.73. The first-order valence-electron chi connectivity index (χ1n) is 18.5. The van der Waals surface area contributed by atoms with E-state index in [0.717, 1.165) is 44.9 Å². The SMILES string of the molecule is CCCCC/C=C/C/C=C/CCCCCCCC(=O)O[C@@H](COCCCCCCCCCCCCCCCC)CO[P+](=O)O. The van der Waals surface area contributed by atoms with E-state index < -0.39 is 14.4 Å². The van der Waals surface area contributed by atoms with E-state index in [1.165, 1.54) is 116 Å². The fourth-order valence-electron chi connectivity index (χ4n) is 5.20. The summed E-state index contributed by atoms with van der Waals surface area (Å²) in [6, 6.07) is 0. The molecule has 0 saturated heterocycles. The second kappa shape index (κ2) is 36.4. The van der Waals surface area contributed by atoms with Gasteiger partial charge in [-0.2, -0.15) is 0 Å². The first-order chi connectivity index (χ1) is 21.6. The number of unbranched alkanes of at least 4 members (excludes halogenated alkanes) is 21. The first kappa shape index (κ1) is 42.9. The maximum absolute atomic E-state index is 12.3. The van der Waals surface area contributed by atoms with E-state index in [4.69, 9.17) is 18.9 Å². The number of hydrogen-bond donors (Lipinski definition) is 1. The Kier molecular flexibility index (Phi) is 35.5. The maximum atomic E-state index is 12.3. The van der Waals surface area contributed by atoms with E-state index in [1.54, 1.807) is 0 Å². The Bertz CT molecular complexity index is 681. The molecule has 0 aromatic carbocycles. The smallest absolute Gasteiger partial charge is 0.457 e. The standard InChI is InChI=1S/C37H69O6P/c1-3-5-7-9-11-13-15-17-19-20-22-24-26-28-30-32-37(38)43-36(35-42-44(39)40)34-41-33-31-29-27-25-23-21-18-16-14-12-10-8-6-4-2/h11,13,17,19,36H,3-10,12,14-16,18,20-35H2,1-2H3/p+1/b13-11+,19-17+/t36-/m0/s1. The molecule has 0 bridgehead atoms. The minimum absolute atomic E-state index is 0.127. The lowest BCUT2D eigenvalue weighted by Crippen LogP contribution is -2.28. The molecule has 44 heavy (non-hydrogen) atoms. The van der Waals surface area contributed by atoms with E-state index in [1.807, 2.05) is 0 Å². The molecule has 258 valence electrons. The van der Waals surface area contributed by atoms with E-state index in [0.29, 0.717) is 13.0 Å². The zero-order valence-electron chi connectivity index (χ0n) is 28.8. The number of carbonyl (C=O) groups is 1. The number of esters is 1. The Labute approximate surface area is 273 Å². The van der Waals surface area contributed by atoms with Gasteiger partial charge < -0.3 is 9.47 Å². The average Bonchev–Trinajstić information content (AvgIpc) is 3.01. The van der Waals surface area contributed by atoms with Crippen molar-refractivity contribution in [3.05, 3.63) is 24.3 Å². The van der Waals surface area contributed by atoms with Crippen molar-refractivity contribution in [3.63, 3.8) is 0 Å². The molecule has 6 nitrogen and oxygen atoms in total. The van der Waals surface area contributed by atoms with E-state index >= 15 is 0 Å². The molecule has 0 aromatic rings. The van der Waals surface area contributed by atoms with Gasteiger partial charge in [-0.1, -0.05) is 154 Å². The summed E-state index contributed by atoms with van der Waals surface area (Å²) in [6.45, 7) is 5.16. The number of ether oxygens (including phenoxy) is 2. The molecule has 1 unspecified atom stereocenters. The molecule has 0 rings (SSSR count). The van der Waals surface area contributed by atoms with Crippen molar-refractivity contribution in [3.8, 4) is 0 Å². The Morgan fingerprint density at radius 2 is 1.07 bits per heavy atom. The van der Waals surface area contributed by atoms with Gasteiger partial charge in [0.15, 0.2) is 6.10 Å². The van der Waals surface area contributed by atoms with E-state index in [-0.39, 0.29) is 19.2 Å². The molecule has 2 atom stereocenters. The van der Waals surface area contributed by atoms with Gasteiger partial charge in [-0.05, 0) is 44.9 Å². The molecule has 0 aliphatic carbocycles. The molecule has 0 spiro atoms. The van der Waals surface area contributed by atoms with Crippen molar-refractivity contribution < 1.29 is 28.3 Å². The molecule has 0 fully saturated rings. The summed E-state index contributed by atoms with van der Waals surface area (Å²) in [5, 5.41) is 0. The fourth-order valence-corrected chi connectivity index (χ4v) is 5.50. The fraction of sp³-hybridized carbons (Fsp3) is 0.865. The van der Waals surface area contributed by atoms with Crippen molar-refractivity contribution in [2.24, 2.45) is 0 Å². The van der Waals surface area contributed by atoms with Gasteiger partial charge in [0, 0.05) is 17.6 Å². The lowest BCUT2D eigenvalue weighted by molar-refractivity contribution is -0.154. The molecule has 7 heteroatoms. The monoisotopic (exact) mass is 641 g/mol. The van der Waals surface area contributed by atoms with Crippen LogP contribution >= 0.6 is 8.25 Å². The Balaban J connectivity index is 3.75. The zero-order valence-corrected chi connectivity index (χ0v) is 29.7. The number of allylic oxidation sites excluding steroid dienone is 4. The molecule has 0 aliphatic rings. The van der Waals surface area contributed by atoms with Crippen LogP contribution in [0.15, 0.2) is 24.3 Å². The first-order valence-corrected chi connectivity index (χ1v) is 19.6. The second-order valence-corrected chi connectivity index (χ2v) is 13.0. The second-order valence-electron chi connectivity index (χ2n) is 12.3. The lowest BCUT2D eigenvalue weighted by atomic mass is 10.0. The van der Waals surface area contributed by atoms with Gasteiger partial charge in [0.05, 0.1) is 6.61 Å². The summed E-state index contributed by atoms with van der Waals surface area (Å²) in [5.41, 5.74) is 0. The van der Waals surface area contributed by atoms with Crippen LogP contribution in [0.2, 0.25) is 0 Å². The van der Waals surface area contributed by atoms with Gasteiger partial charge in [-0.25, -0.2) is 0 Å². The van der Waals surface area contributed by atoms with E-state index in [9.17, 15) is 9.36 Å². The number of carbonyl (C=O) groups excluding carboxylic acids is 1. The van der Waals surface area contributed by atoms with E-state index in [2.05, 4.69) is 38.2 Å². The van der Waals surface area contributed by atoms with Gasteiger partial charge in [0.25, 0.3) is 0 Å². The Morgan fingerprint density at radius 1 is 0.614 bits per heavy atom. The average molecular weight is 642 g/mol. The van der Waals surface area contributed by atoms with Gasteiger partial charge in [0.2, 0.25) is 0 Å². The highest BCUT2D eigenvalue weighted by Gasteiger charge is 2.22. The molecule has 0 aliphatic heterocycles. The Hall–Kier alpha value is -1.07. The van der Waals surface area contributed by atoms with Crippen molar-refractivity contribution in [2.75, 3.05) is 19.8 Å². The normalized spacial score (nSPS) is 12.8. The number of hydrogen-bond acceptors (Lipinski definition) is 5. The molecule has 0 radical (unpaired) electrons.